The van der Waals surface area contributed by atoms with Crippen molar-refractivity contribution in [1.82, 2.24) is 5.32 Å². The SMILES string of the molecule is CCOc1ccccc1OCC(=O)NCCCC(C)CO. The molecule has 0 aliphatic heterocycles. The minimum atomic E-state index is -0.155. The second-order valence-electron chi connectivity index (χ2n) is 4.95. The molecule has 1 amide bonds. The summed E-state index contributed by atoms with van der Waals surface area (Å²) < 4.78 is 10.9. The molecule has 0 aliphatic carbocycles. The van der Waals surface area contributed by atoms with Crippen molar-refractivity contribution in [2.24, 2.45) is 5.92 Å². The molecule has 0 bridgehead atoms. The van der Waals surface area contributed by atoms with Gasteiger partial charge in [0.1, 0.15) is 0 Å². The molecule has 0 saturated heterocycles. The van der Waals surface area contributed by atoms with Gasteiger partial charge in [-0.1, -0.05) is 19.1 Å². The van der Waals surface area contributed by atoms with Crippen molar-refractivity contribution in [1.29, 1.82) is 0 Å². The molecule has 1 atom stereocenters. The monoisotopic (exact) mass is 295 g/mol. The van der Waals surface area contributed by atoms with Crippen LogP contribution in [0.4, 0.5) is 0 Å². The molecule has 1 rings (SSSR count). The van der Waals surface area contributed by atoms with Crippen molar-refractivity contribution in [3.8, 4) is 11.5 Å². The first-order valence-electron chi connectivity index (χ1n) is 7.39. The number of amides is 1. The highest BCUT2D eigenvalue weighted by Crippen LogP contribution is 2.26. The maximum absolute atomic E-state index is 11.7. The molecule has 5 nitrogen and oxygen atoms in total. The van der Waals surface area contributed by atoms with Crippen LogP contribution in [0.3, 0.4) is 0 Å². The lowest BCUT2D eigenvalue weighted by atomic mass is 10.1. The van der Waals surface area contributed by atoms with Crippen LogP contribution >= 0.6 is 0 Å². The van der Waals surface area contributed by atoms with Gasteiger partial charge in [0, 0.05) is 13.2 Å². The molecule has 118 valence electrons. The summed E-state index contributed by atoms with van der Waals surface area (Å²) in [7, 11) is 0. The van der Waals surface area contributed by atoms with Crippen molar-refractivity contribution in [2.45, 2.75) is 26.7 Å². The molecule has 1 aromatic rings. The minimum absolute atomic E-state index is 0.0281. The number of ether oxygens (including phenoxy) is 2. The molecule has 5 heteroatoms. The molecule has 21 heavy (non-hydrogen) atoms. The van der Waals surface area contributed by atoms with Gasteiger partial charge in [-0.15, -0.1) is 0 Å². The Labute approximate surface area is 126 Å². The Hall–Kier alpha value is -1.75. The molecule has 0 saturated carbocycles. The van der Waals surface area contributed by atoms with Gasteiger partial charge in [-0.2, -0.15) is 0 Å². The van der Waals surface area contributed by atoms with E-state index in [-0.39, 0.29) is 25.0 Å². The molecule has 0 heterocycles. The van der Waals surface area contributed by atoms with Gasteiger partial charge in [-0.3, -0.25) is 4.79 Å². The molecule has 0 fully saturated rings. The molecule has 2 N–H and O–H groups in total. The number of hydrogen-bond donors (Lipinski definition) is 2. The zero-order valence-corrected chi connectivity index (χ0v) is 12.8. The summed E-state index contributed by atoms with van der Waals surface area (Å²) in [6.45, 7) is 5.19. The molecule has 0 aromatic heterocycles. The first-order valence-corrected chi connectivity index (χ1v) is 7.39. The van der Waals surface area contributed by atoms with Crippen molar-refractivity contribution in [3.05, 3.63) is 24.3 Å². The number of nitrogens with one attached hydrogen (secondary N) is 1. The van der Waals surface area contributed by atoms with Gasteiger partial charge in [0.05, 0.1) is 6.61 Å². The third-order valence-electron chi connectivity index (χ3n) is 3.02. The van der Waals surface area contributed by atoms with Crippen LogP contribution in [0.5, 0.6) is 11.5 Å². The van der Waals surface area contributed by atoms with E-state index in [2.05, 4.69) is 5.32 Å². The lowest BCUT2D eigenvalue weighted by Gasteiger charge is -2.12. The zero-order valence-electron chi connectivity index (χ0n) is 12.8. The average Bonchev–Trinajstić information content (AvgIpc) is 2.50. The molecular formula is C16H25NO4. The van der Waals surface area contributed by atoms with Gasteiger partial charge in [0.15, 0.2) is 18.1 Å². The van der Waals surface area contributed by atoms with Crippen LogP contribution in [0.2, 0.25) is 0 Å². The van der Waals surface area contributed by atoms with Crippen molar-refractivity contribution < 1.29 is 19.4 Å². The van der Waals surface area contributed by atoms with Crippen LogP contribution in [0, 0.1) is 5.92 Å². The van der Waals surface area contributed by atoms with E-state index in [9.17, 15) is 4.79 Å². The van der Waals surface area contributed by atoms with Gasteiger partial charge < -0.3 is 19.9 Å². The molecule has 1 unspecified atom stereocenters. The van der Waals surface area contributed by atoms with Crippen molar-refractivity contribution in [3.63, 3.8) is 0 Å². The van der Waals surface area contributed by atoms with E-state index in [1.807, 2.05) is 32.0 Å². The van der Waals surface area contributed by atoms with Crippen LogP contribution in [0.1, 0.15) is 26.7 Å². The number of rotatable bonds is 10. The topological polar surface area (TPSA) is 67.8 Å². The zero-order chi connectivity index (χ0) is 15.5. The summed E-state index contributed by atoms with van der Waals surface area (Å²) in [5.41, 5.74) is 0. The highest BCUT2D eigenvalue weighted by Gasteiger charge is 2.07. The Balaban J connectivity index is 2.27. The second-order valence-corrected chi connectivity index (χ2v) is 4.95. The first-order chi connectivity index (χ1) is 10.2. The summed E-state index contributed by atoms with van der Waals surface area (Å²) in [5.74, 6) is 1.34. The Kier molecular flexibility index (Phi) is 8.28. The lowest BCUT2D eigenvalue weighted by Crippen LogP contribution is -2.30. The van der Waals surface area contributed by atoms with E-state index in [1.54, 1.807) is 6.07 Å². The number of benzene rings is 1. The van der Waals surface area contributed by atoms with Gasteiger partial charge >= 0.3 is 0 Å². The number of carbonyl (C=O) groups excluding carboxylic acids is 1. The number of aliphatic hydroxyl groups is 1. The lowest BCUT2D eigenvalue weighted by molar-refractivity contribution is -0.123. The molecule has 1 aromatic carbocycles. The van der Waals surface area contributed by atoms with E-state index in [1.165, 1.54) is 0 Å². The number of carbonyl (C=O) groups is 1. The fraction of sp³-hybridized carbons (Fsp3) is 0.562. The first kappa shape index (κ1) is 17.3. The Bertz CT molecular complexity index is 422. The predicted octanol–water partition coefficient (Wildman–Crippen LogP) is 1.99. The van der Waals surface area contributed by atoms with E-state index < -0.39 is 0 Å². The minimum Gasteiger partial charge on any atom is -0.490 e. The normalized spacial score (nSPS) is 11.8. The largest absolute Gasteiger partial charge is 0.490 e. The fourth-order valence-electron chi connectivity index (χ4n) is 1.81. The van der Waals surface area contributed by atoms with E-state index in [0.717, 1.165) is 12.8 Å². The molecule has 0 radical (unpaired) electrons. The van der Waals surface area contributed by atoms with Gasteiger partial charge in [0.25, 0.3) is 5.91 Å². The van der Waals surface area contributed by atoms with Crippen molar-refractivity contribution in [2.75, 3.05) is 26.4 Å². The number of aliphatic hydroxyl groups excluding tert-OH is 1. The molecular weight excluding hydrogens is 270 g/mol. The molecule has 0 aliphatic rings. The van der Waals surface area contributed by atoms with Gasteiger partial charge in [-0.05, 0) is 37.8 Å². The third-order valence-corrected chi connectivity index (χ3v) is 3.02. The van der Waals surface area contributed by atoms with E-state index in [4.69, 9.17) is 14.6 Å². The van der Waals surface area contributed by atoms with Gasteiger partial charge in [0.2, 0.25) is 0 Å². The average molecular weight is 295 g/mol. The predicted molar refractivity (Wildman–Crippen MR) is 81.6 cm³/mol. The number of hydrogen-bond acceptors (Lipinski definition) is 4. The van der Waals surface area contributed by atoms with Crippen molar-refractivity contribution >= 4 is 5.91 Å². The quantitative estimate of drug-likeness (QED) is 0.648. The van der Waals surface area contributed by atoms with Crippen LogP contribution in [0.25, 0.3) is 0 Å². The Morgan fingerprint density at radius 3 is 2.57 bits per heavy atom. The second kappa shape index (κ2) is 10.0. The standard InChI is InChI=1S/C16H25NO4/c1-3-20-14-8-4-5-9-15(14)21-12-16(19)17-10-6-7-13(2)11-18/h4-5,8-9,13,18H,3,6-7,10-12H2,1-2H3,(H,17,19). The number of para-hydroxylation sites is 2. The highest BCUT2D eigenvalue weighted by atomic mass is 16.5. The fourth-order valence-corrected chi connectivity index (χ4v) is 1.81. The Morgan fingerprint density at radius 2 is 1.95 bits per heavy atom. The maximum atomic E-state index is 11.7. The van der Waals surface area contributed by atoms with Crippen LogP contribution < -0.4 is 14.8 Å². The molecule has 0 spiro atoms. The third kappa shape index (κ3) is 6.99. The summed E-state index contributed by atoms with van der Waals surface area (Å²) in [5, 5.41) is 11.7. The Morgan fingerprint density at radius 1 is 1.29 bits per heavy atom. The summed E-state index contributed by atoms with van der Waals surface area (Å²) in [6, 6.07) is 7.29. The maximum Gasteiger partial charge on any atom is 0.257 e. The van der Waals surface area contributed by atoms with E-state index in [0.29, 0.717) is 24.7 Å². The summed E-state index contributed by atoms with van der Waals surface area (Å²) in [6.07, 6.45) is 1.74. The van der Waals surface area contributed by atoms with Crippen LogP contribution in [-0.2, 0) is 4.79 Å². The summed E-state index contributed by atoms with van der Waals surface area (Å²) in [4.78, 5) is 11.7. The van der Waals surface area contributed by atoms with E-state index >= 15 is 0 Å². The van der Waals surface area contributed by atoms with Crippen LogP contribution in [0.15, 0.2) is 24.3 Å². The highest BCUT2D eigenvalue weighted by molar-refractivity contribution is 5.77. The van der Waals surface area contributed by atoms with Crippen LogP contribution in [-0.4, -0.2) is 37.4 Å². The smallest absolute Gasteiger partial charge is 0.257 e. The van der Waals surface area contributed by atoms with Gasteiger partial charge in [-0.25, -0.2) is 0 Å². The summed E-state index contributed by atoms with van der Waals surface area (Å²) >= 11 is 0.